The summed E-state index contributed by atoms with van der Waals surface area (Å²) in [6.45, 7) is 4.10. The molecule has 4 aliphatic rings. The number of oxazole rings is 2. The van der Waals surface area contributed by atoms with Crippen LogP contribution in [0, 0.1) is 13.8 Å². The molecule has 5 aromatic heterocycles. The van der Waals surface area contributed by atoms with Gasteiger partial charge in [0.2, 0.25) is 11.7 Å². The number of fused-ring (bicyclic) bond motifs is 6. The van der Waals surface area contributed by atoms with Crippen LogP contribution < -0.4 is 51.5 Å². The normalized spacial score (nSPS) is 22.6. The number of guanidine groups is 1. The van der Waals surface area contributed by atoms with E-state index in [1.165, 1.54) is 56.4 Å². The molecule has 0 radical (unpaired) electrons. The van der Waals surface area contributed by atoms with Crippen molar-refractivity contribution in [3.8, 4) is 33.9 Å². The molecule has 0 aliphatic carbocycles. The number of piperidine rings is 2. The molecule has 0 spiro atoms. The van der Waals surface area contributed by atoms with Gasteiger partial charge in [-0.1, -0.05) is 48.5 Å². The molecule has 4 bridgehead atoms. The molecule has 0 amide bonds. The fourth-order valence-corrected chi connectivity index (χ4v) is 10.6. The molecule has 16 nitrogen and oxygen atoms in total. The van der Waals surface area contributed by atoms with Crippen molar-refractivity contribution in [1.29, 1.82) is 0 Å². The minimum atomic E-state index is -0.110. The summed E-state index contributed by atoms with van der Waals surface area (Å²) in [5.41, 5.74) is 18.9. The summed E-state index contributed by atoms with van der Waals surface area (Å²) in [7, 11) is 8.32. The van der Waals surface area contributed by atoms with E-state index in [1.54, 1.807) is 28.0 Å². The number of nitrogens with one attached hydrogen (secondary N) is 3. The summed E-state index contributed by atoms with van der Waals surface area (Å²) in [6.07, 6.45) is 22.0. The third-order valence-corrected chi connectivity index (χ3v) is 14.1. The molecule has 2 aromatic carbocycles. The number of carbonyl (C=O) groups excluding carboxylic acids is 1. The number of hydrogen-bond acceptors (Lipinski definition) is 10. The Morgan fingerprint density at radius 1 is 0.809 bits per heavy atom. The van der Waals surface area contributed by atoms with Crippen LogP contribution in [0.4, 0.5) is 5.95 Å². The number of quaternary nitrogens is 1. The molecule has 4 atom stereocenters. The van der Waals surface area contributed by atoms with Crippen molar-refractivity contribution in [2.45, 2.75) is 101 Å². The number of aromatic nitrogens is 6. The predicted octanol–water partition coefficient (Wildman–Crippen LogP) is -1.89. The van der Waals surface area contributed by atoms with Crippen LogP contribution in [0.3, 0.4) is 0 Å². The summed E-state index contributed by atoms with van der Waals surface area (Å²) < 4.78 is 14.6. The highest BCUT2D eigenvalue weighted by molar-refractivity contribution is 6.08. The van der Waals surface area contributed by atoms with Crippen molar-refractivity contribution in [1.82, 2.24) is 38.5 Å². The Hall–Kier alpha value is -6.20. The van der Waals surface area contributed by atoms with Gasteiger partial charge in [0.05, 0.1) is 30.9 Å². The number of halogens is 2. The molecule has 360 valence electrons. The van der Waals surface area contributed by atoms with Crippen LogP contribution in [-0.2, 0) is 0 Å². The average Bonchev–Trinajstić information content (AvgIpc) is 4.14. The van der Waals surface area contributed by atoms with Gasteiger partial charge in [0.15, 0.2) is 0 Å². The maximum atomic E-state index is 12.6. The number of aryl methyl sites for hydroxylation is 2. The van der Waals surface area contributed by atoms with Gasteiger partial charge in [-0.15, -0.1) is 0 Å². The van der Waals surface area contributed by atoms with E-state index in [0.29, 0.717) is 59.2 Å². The number of rotatable bonds is 9. The van der Waals surface area contributed by atoms with Gasteiger partial charge in [0.1, 0.15) is 35.3 Å². The highest BCUT2D eigenvalue weighted by atomic mass is 35.5. The first kappa shape index (κ1) is 49.7. The Morgan fingerprint density at radius 3 is 1.99 bits per heavy atom. The van der Waals surface area contributed by atoms with Crippen LogP contribution >= 0.6 is 0 Å². The van der Waals surface area contributed by atoms with Crippen molar-refractivity contribution in [2.75, 3.05) is 33.5 Å². The number of hydrogen-bond donors (Lipinski definition) is 5. The van der Waals surface area contributed by atoms with Gasteiger partial charge in [-0.3, -0.25) is 30.1 Å². The van der Waals surface area contributed by atoms with Gasteiger partial charge >= 0.3 is 17.6 Å². The van der Waals surface area contributed by atoms with E-state index >= 15 is 0 Å². The lowest BCUT2D eigenvalue weighted by molar-refractivity contribution is -0.927. The average molecular weight is 965 g/mol. The maximum Gasteiger partial charge on any atom is 0.338 e. The molecule has 4 saturated heterocycles. The summed E-state index contributed by atoms with van der Waals surface area (Å²) in [6, 6.07) is 22.0. The number of benzene rings is 2. The molecule has 7 N–H and O–H groups in total. The number of anilines is 1. The number of nitrogens with two attached hydrogens (primary N) is 2. The number of ketones is 1. The standard InChI is InChI=1S/C24H26N6O.C17H17N3O2.C9H18N4.2ClH/c1-15-5-3-4-6-19(15)21-22(30-11-12-31-24(30)28-21)20-9-10-25-23(27-20)26-16-13-17-7-8-18(14-16)29(17)2;1-12-6-4-5-7-13(12)15-16(14(21)8-9-19(2)3)20-10-11-22-17(20)18-15;1-13-7-2-3-8(13)5-6(4-7)12-9(10)11;;/h3-6,9-12,16-18H,7-8,13-14H2,1-2H3,(H,25,26,27);4-11H,1-3H3;6-8H,2-5H2,1H3,(H4,10,11,12);2*1H. The molecule has 4 unspecified atom stereocenters. The van der Waals surface area contributed by atoms with Gasteiger partial charge < -0.3 is 53.7 Å². The Labute approximate surface area is 409 Å². The lowest BCUT2D eigenvalue weighted by Crippen LogP contribution is -3.16. The van der Waals surface area contributed by atoms with Gasteiger partial charge in [-0.2, -0.15) is 9.97 Å². The third-order valence-electron chi connectivity index (χ3n) is 14.1. The second-order valence-corrected chi connectivity index (χ2v) is 18.6. The maximum absolute atomic E-state index is 12.6. The second-order valence-electron chi connectivity index (χ2n) is 18.6. The Morgan fingerprint density at radius 2 is 1.38 bits per heavy atom. The molecule has 4 aliphatic heterocycles. The molecule has 11 rings (SSSR count). The van der Waals surface area contributed by atoms with Crippen molar-refractivity contribution in [3.05, 3.63) is 115 Å². The first-order valence-electron chi connectivity index (χ1n) is 23.1. The molecule has 4 fully saturated rings. The van der Waals surface area contributed by atoms with E-state index < -0.39 is 0 Å². The van der Waals surface area contributed by atoms with E-state index in [0.717, 1.165) is 58.7 Å². The zero-order chi connectivity index (χ0) is 46.1. The lowest BCUT2D eigenvalue weighted by atomic mass is 9.98. The summed E-state index contributed by atoms with van der Waals surface area (Å²) >= 11 is 0. The lowest BCUT2D eigenvalue weighted by Gasteiger charge is -2.36. The van der Waals surface area contributed by atoms with E-state index in [4.69, 9.17) is 30.3 Å². The van der Waals surface area contributed by atoms with Crippen molar-refractivity contribution in [3.63, 3.8) is 0 Å². The molecule has 0 saturated carbocycles. The van der Waals surface area contributed by atoms with Crippen molar-refractivity contribution in [2.24, 2.45) is 11.5 Å². The van der Waals surface area contributed by atoms with E-state index in [2.05, 4.69) is 58.3 Å². The first-order chi connectivity index (χ1) is 31.9. The molecule has 9 heterocycles. The van der Waals surface area contributed by atoms with E-state index in [-0.39, 0.29) is 30.6 Å². The first-order valence-corrected chi connectivity index (χ1v) is 23.1. The van der Waals surface area contributed by atoms with Crippen LogP contribution in [0.15, 0.2) is 107 Å². The van der Waals surface area contributed by atoms with Crippen LogP contribution in [0.25, 0.3) is 45.6 Å². The fraction of sp³-hybridized carbons (Fsp3) is 0.400. The Kier molecular flexibility index (Phi) is 15.6. The minimum absolute atomic E-state index is 0. The summed E-state index contributed by atoms with van der Waals surface area (Å²) in [4.78, 5) is 40.5. The van der Waals surface area contributed by atoms with Gasteiger partial charge in [0, 0.05) is 99.9 Å². The second kappa shape index (κ2) is 21.4. The topological polar surface area (TPSA) is 193 Å². The van der Waals surface area contributed by atoms with Crippen molar-refractivity contribution < 1.29 is 48.3 Å². The number of carbonyl (C=O) groups is 1. The summed E-state index contributed by atoms with van der Waals surface area (Å²) in [5, 5.41) is 3.62. The molecule has 7 aromatic rings. The monoisotopic (exact) mass is 963 g/mol. The molecular weight excluding hydrogens is 902 g/mol. The highest BCUT2D eigenvalue weighted by Gasteiger charge is 2.43. The van der Waals surface area contributed by atoms with E-state index in [9.17, 15) is 4.79 Å². The molecule has 68 heavy (non-hydrogen) atoms. The smallest absolute Gasteiger partial charge is 0.338 e. The summed E-state index contributed by atoms with van der Waals surface area (Å²) in [5.74, 6) is 1.93. The number of imidazole rings is 2. The quantitative estimate of drug-likeness (QED) is 0.0469. The molecular formula is C50H63Cl2N13O3. The highest BCUT2D eigenvalue weighted by Crippen LogP contribution is 2.37. The Bertz CT molecular complexity index is 2850. The fourth-order valence-electron chi connectivity index (χ4n) is 10.6. The zero-order valence-corrected chi connectivity index (χ0v) is 41.1. The van der Waals surface area contributed by atoms with Crippen LogP contribution in [0.5, 0.6) is 0 Å². The van der Waals surface area contributed by atoms with Crippen molar-refractivity contribution >= 4 is 29.4 Å². The van der Waals surface area contributed by atoms with Crippen LogP contribution in [-0.4, -0.2) is 115 Å². The Balaban J connectivity index is 0.000000162. The molecule has 18 heteroatoms. The number of allylic oxidation sites excluding steroid dienone is 1. The number of nitrogens with zero attached hydrogens (tertiary/aromatic N) is 8. The largest absolute Gasteiger partial charge is 1.00 e. The van der Waals surface area contributed by atoms with Crippen LogP contribution in [0.2, 0.25) is 0 Å². The zero-order valence-electron chi connectivity index (χ0n) is 39.6. The van der Waals surface area contributed by atoms with E-state index in [1.807, 2.05) is 85.2 Å². The van der Waals surface area contributed by atoms with Gasteiger partial charge in [-0.25, -0.2) is 9.97 Å². The minimum Gasteiger partial charge on any atom is -1.00 e. The predicted molar refractivity (Wildman–Crippen MR) is 256 cm³/mol. The van der Waals surface area contributed by atoms with Gasteiger partial charge in [0.25, 0.3) is 0 Å². The van der Waals surface area contributed by atoms with Crippen LogP contribution in [0.1, 0.15) is 73.0 Å². The van der Waals surface area contributed by atoms with Gasteiger partial charge in [-0.05, 0) is 63.8 Å². The third kappa shape index (κ3) is 10.4. The SMILES string of the molecule is C[NH+]1C2CCC1CC([NH+]=C(N)N)C2.Cc1ccccc1-c1nc2occn2c1-c1ccnc(NC2CC3CCC(C2)N3C)n1.Cc1ccccc1-c1nc2occn2c1C(=O)C=CN(C)C.[Cl-].[Cl-].